The number of carbonyl (C=O) groups is 2. The number of hydrogen-bond acceptors (Lipinski definition) is 3. The highest BCUT2D eigenvalue weighted by Crippen LogP contribution is 2.18. The lowest BCUT2D eigenvalue weighted by Crippen LogP contribution is -2.34. The second-order valence-corrected chi connectivity index (χ2v) is 6.94. The zero-order chi connectivity index (χ0) is 19.8. The van der Waals surface area contributed by atoms with Gasteiger partial charge in [-0.25, -0.2) is 4.79 Å². The van der Waals surface area contributed by atoms with E-state index >= 15 is 0 Å². The second kappa shape index (κ2) is 9.78. The Bertz CT molecular complexity index is 777. The summed E-state index contributed by atoms with van der Waals surface area (Å²) in [5.74, 6) is 1.08. The number of carbonyl (C=O) groups excluding carboxylic acids is 2. The van der Waals surface area contributed by atoms with Crippen molar-refractivity contribution >= 4 is 17.6 Å². The molecule has 1 aliphatic rings. The summed E-state index contributed by atoms with van der Waals surface area (Å²) in [7, 11) is 0. The van der Waals surface area contributed by atoms with E-state index in [0.29, 0.717) is 31.8 Å². The fraction of sp³-hybridized carbons (Fsp3) is 0.364. The summed E-state index contributed by atoms with van der Waals surface area (Å²) in [5, 5.41) is 5.67. The van der Waals surface area contributed by atoms with Crippen molar-refractivity contribution in [2.45, 2.75) is 19.8 Å². The zero-order valence-electron chi connectivity index (χ0n) is 16.2. The van der Waals surface area contributed by atoms with Crippen LogP contribution in [-0.2, 0) is 11.2 Å². The molecule has 1 saturated heterocycles. The van der Waals surface area contributed by atoms with E-state index in [-0.39, 0.29) is 17.9 Å². The Kier molecular flexibility index (Phi) is 6.89. The molecule has 0 aromatic heterocycles. The molecule has 3 rings (SSSR count). The van der Waals surface area contributed by atoms with Gasteiger partial charge < -0.3 is 20.3 Å². The third-order valence-corrected chi connectivity index (χ3v) is 4.78. The van der Waals surface area contributed by atoms with E-state index in [9.17, 15) is 9.59 Å². The van der Waals surface area contributed by atoms with Crippen LogP contribution in [0.2, 0.25) is 0 Å². The minimum Gasteiger partial charge on any atom is -0.494 e. The first-order valence-corrected chi connectivity index (χ1v) is 9.73. The normalized spacial score (nSPS) is 16.1. The first-order chi connectivity index (χ1) is 13.6. The molecule has 1 fully saturated rings. The largest absolute Gasteiger partial charge is 0.494 e. The summed E-state index contributed by atoms with van der Waals surface area (Å²) < 4.78 is 5.38. The van der Waals surface area contributed by atoms with Crippen molar-refractivity contribution in [1.29, 1.82) is 0 Å². The predicted molar refractivity (Wildman–Crippen MR) is 109 cm³/mol. The Balaban J connectivity index is 1.39. The van der Waals surface area contributed by atoms with Gasteiger partial charge in [0.25, 0.3) is 0 Å². The number of anilines is 1. The molecule has 2 aromatic rings. The quantitative estimate of drug-likeness (QED) is 0.737. The van der Waals surface area contributed by atoms with Gasteiger partial charge in [-0.3, -0.25) is 4.79 Å². The smallest absolute Gasteiger partial charge is 0.319 e. The van der Waals surface area contributed by atoms with Crippen LogP contribution in [0.15, 0.2) is 54.6 Å². The Morgan fingerprint density at radius 1 is 1.14 bits per heavy atom. The van der Waals surface area contributed by atoms with Gasteiger partial charge in [0.1, 0.15) is 5.75 Å². The highest BCUT2D eigenvalue weighted by atomic mass is 16.5. The Labute approximate surface area is 165 Å². The molecular formula is C22H27N3O3. The van der Waals surface area contributed by atoms with Crippen LogP contribution >= 0.6 is 0 Å². The van der Waals surface area contributed by atoms with Crippen LogP contribution in [0.1, 0.15) is 18.9 Å². The van der Waals surface area contributed by atoms with Gasteiger partial charge in [-0.05, 0) is 43.2 Å². The number of urea groups is 1. The van der Waals surface area contributed by atoms with Crippen LogP contribution in [0.4, 0.5) is 10.5 Å². The van der Waals surface area contributed by atoms with E-state index in [4.69, 9.17) is 4.74 Å². The molecule has 6 nitrogen and oxygen atoms in total. The summed E-state index contributed by atoms with van der Waals surface area (Å²) >= 11 is 0. The summed E-state index contributed by atoms with van der Waals surface area (Å²) in [6.45, 7) is 4.43. The lowest BCUT2D eigenvalue weighted by molar-refractivity contribution is -0.127. The number of amides is 3. The van der Waals surface area contributed by atoms with Gasteiger partial charge in [-0.2, -0.15) is 0 Å². The molecule has 0 radical (unpaired) electrons. The molecule has 0 spiro atoms. The Morgan fingerprint density at radius 3 is 2.61 bits per heavy atom. The summed E-state index contributed by atoms with van der Waals surface area (Å²) in [6, 6.07) is 17.1. The molecule has 2 N–H and O–H groups in total. The maximum atomic E-state index is 12.2. The first kappa shape index (κ1) is 19.7. The summed E-state index contributed by atoms with van der Waals surface area (Å²) in [4.78, 5) is 26.2. The number of hydrogen-bond donors (Lipinski definition) is 2. The molecule has 2 aromatic carbocycles. The van der Waals surface area contributed by atoms with Crippen LogP contribution in [0.25, 0.3) is 0 Å². The van der Waals surface area contributed by atoms with Crippen molar-refractivity contribution in [3.8, 4) is 5.75 Å². The number of ether oxygens (including phenoxy) is 1. The maximum absolute atomic E-state index is 12.2. The number of likely N-dealkylation sites (tertiary alicyclic amines) is 1. The third kappa shape index (κ3) is 5.74. The molecule has 1 heterocycles. The molecule has 0 bridgehead atoms. The van der Waals surface area contributed by atoms with Crippen molar-refractivity contribution < 1.29 is 14.3 Å². The van der Waals surface area contributed by atoms with Crippen molar-refractivity contribution in [3.05, 3.63) is 60.2 Å². The summed E-state index contributed by atoms with van der Waals surface area (Å²) in [5.41, 5.74) is 1.93. The SMILES string of the molecule is CCOc1ccc(NC(=O)NCC2CC(=O)N(CCc3ccccc3)C2)cc1. The number of rotatable bonds is 8. The maximum Gasteiger partial charge on any atom is 0.319 e. The molecule has 0 saturated carbocycles. The molecule has 3 amide bonds. The highest BCUT2D eigenvalue weighted by Gasteiger charge is 2.29. The second-order valence-electron chi connectivity index (χ2n) is 6.94. The van der Waals surface area contributed by atoms with E-state index in [0.717, 1.165) is 18.7 Å². The molecular weight excluding hydrogens is 354 g/mol. The minimum atomic E-state index is -0.264. The van der Waals surface area contributed by atoms with Crippen LogP contribution in [0.5, 0.6) is 5.75 Å². The van der Waals surface area contributed by atoms with Gasteiger partial charge in [0.15, 0.2) is 0 Å². The van der Waals surface area contributed by atoms with Gasteiger partial charge in [-0.15, -0.1) is 0 Å². The van der Waals surface area contributed by atoms with Crippen LogP contribution in [0, 0.1) is 5.92 Å². The van der Waals surface area contributed by atoms with Gasteiger partial charge in [0, 0.05) is 37.7 Å². The number of benzene rings is 2. The van der Waals surface area contributed by atoms with Crippen LogP contribution in [0.3, 0.4) is 0 Å². The van der Waals surface area contributed by atoms with Gasteiger partial charge in [0.2, 0.25) is 5.91 Å². The van der Waals surface area contributed by atoms with E-state index in [1.54, 1.807) is 12.1 Å². The van der Waals surface area contributed by atoms with Crippen molar-refractivity contribution in [3.63, 3.8) is 0 Å². The fourth-order valence-electron chi connectivity index (χ4n) is 3.33. The molecule has 28 heavy (non-hydrogen) atoms. The highest BCUT2D eigenvalue weighted by molar-refractivity contribution is 5.89. The van der Waals surface area contributed by atoms with Gasteiger partial charge in [-0.1, -0.05) is 30.3 Å². The van der Waals surface area contributed by atoms with E-state index in [2.05, 4.69) is 22.8 Å². The fourth-order valence-corrected chi connectivity index (χ4v) is 3.33. The van der Waals surface area contributed by atoms with Gasteiger partial charge >= 0.3 is 6.03 Å². The topological polar surface area (TPSA) is 70.7 Å². The molecule has 1 unspecified atom stereocenters. The Morgan fingerprint density at radius 2 is 1.89 bits per heavy atom. The molecule has 6 heteroatoms. The van der Waals surface area contributed by atoms with E-state index in [1.165, 1.54) is 5.56 Å². The minimum absolute atomic E-state index is 0.148. The van der Waals surface area contributed by atoms with Gasteiger partial charge in [0.05, 0.1) is 6.61 Å². The molecule has 1 aliphatic heterocycles. The van der Waals surface area contributed by atoms with E-state index < -0.39 is 0 Å². The Hall–Kier alpha value is -3.02. The molecule has 148 valence electrons. The molecule has 0 aliphatic carbocycles. The number of nitrogens with one attached hydrogen (secondary N) is 2. The van der Waals surface area contributed by atoms with Crippen LogP contribution < -0.4 is 15.4 Å². The van der Waals surface area contributed by atoms with Crippen molar-refractivity contribution in [2.75, 3.05) is 31.6 Å². The lowest BCUT2D eigenvalue weighted by Gasteiger charge is -2.17. The third-order valence-electron chi connectivity index (χ3n) is 4.78. The predicted octanol–water partition coefficient (Wildman–Crippen LogP) is 3.30. The lowest BCUT2D eigenvalue weighted by atomic mass is 10.1. The monoisotopic (exact) mass is 381 g/mol. The average molecular weight is 381 g/mol. The summed E-state index contributed by atoms with van der Waals surface area (Å²) in [6.07, 6.45) is 1.34. The standard InChI is InChI=1S/C22H27N3O3/c1-2-28-20-10-8-19(9-11-20)24-22(27)23-15-18-14-21(26)25(16-18)13-12-17-6-4-3-5-7-17/h3-11,18H,2,12-16H2,1H3,(H2,23,24,27). The van der Waals surface area contributed by atoms with Crippen molar-refractivity contribution in [1.82, 2.24) is 10.2 Å². The average Bonchev–Trinajstić information content (AvgIpc) is 3.07. The van der Waals surface area contributed by atoms with Crippen LogP contribution in [-0.4, -0.2) is 43.1 Å². The molecule has 1 atom stereocenters. The zero-order valence-corrected chi connectivity index (χ0v) is 16.2. The number of nitrogens with zero attached hydrogens (tertiary/aromatic N) is 1. The van der Waals surface area contributed by atoms with E-state index in [1.807, 2.05) is 42.2 Å². The first-order valence-electron chi connectivity index (χ1n) is 9.73. The van der Waals surface area contributed by atoms with Crippen molar-refractivity contribution in [2.24, 2.45) is 5.92 Å².